The van der Waals surface area contributed by atoms with Crippen molar-refractivity contribution >= 4 is 23.2 Å². The number of ketones is 2. The van der Waals surface area contributed by atoms with Crippen LogP contribution >= 0.6 is 0 Å². The Morgan fingerprint density at radius 3 is 2.57 bits per heavy atom. The van der Waals surface area contributed by atoms with E-state index in [4.69, 9.17) is 15.4 Å². The zero-order chi connectivity index (χ0) is 25.2. The van der Waals surface area contributed by atoms with Crippen molar-refractivity contribution in [2.45, 2.75) is 31.5 Å². The van der Waals surface area contributed by atoms with Crippen molar-refractivity contribution in [3.63, 3.8) is 0 Å². The fourth-order valence-electron chi connectivity index (χ4n) is 5.52. The Hall–Kier alpha value is -3.93. The average Bonchev–Trinajstić information content (AvgIpc) is 3.24. The minimum absolute atomic E-state index is 0.0275. The Bertz CT molecular complexity index is 1370. The number of phenolic OH excluding ortho intramolecular Hbond substituents is 1. The number of hydrogen-bond acceptors (Lipinski definition) is 10. The smallest absolute Gasteiger partial charge is 0.255 e. The number of phenols is 1. The van der Waals surface area contributed by atoms with Crippen molar-refractivity contribution in [2.75, 3.05) is 0 Å². The summed E-state index contributed by atoms with van der Waals surface area (Å²) in [5, 5.41) is 52.2. The summed E-state index contributed by atoms with van der Waals surface area (Å²) in [4.78, 5) is 41.7. The van der Waals surface area contributed by atoms with Crippen LogP contribution in [0.4, 0.5) is 0 Å². The molecule has 182 valence electrons. The molecule has 11 heteroatoms. The van der Waals surface area contributed by atoms with Crippen molar-refractivity contribution in [2.24, 2.45) is 17.6 Å². The zero-order valence-corrected chi connectivity index (χ0v) is 18.1. The maximum atomic E-state index is 13.5. The van der Waals surface area contributed by atoms with Crippen LogP contribution in [0.2, 0.25) is 0 Å². The topological polar surface area (TPSA) is 201 Å². The maximum absolute atomic E-state index is 13.5. The molecule has 3 atom stereocenters. The molecule has 11 nitrogen and oxygen atoms in total. The Kier molecular flexibility index (Phi) is 5.09. The quantitative estimate of drug-likeness (QED) is 0.211. The molecule has 2 aromatic rings. The van der Waals surface area contributed by atoms with Gasteiger partial charge in [0.25, 0.3) is 5.91 Å². The fourth-order valence-corrected chi connectivity index (χ4v) is 5.52. The van der Waals surface area contributed by atoms with Gasteiger partial charge in [-0.1, -0.05) is 0 Å². The number of aliphatic hydroxyl groups is 3. The molecule has 35 heavy (non-hydrogen) atoms. The first-order chi connectivity index (χ1) is 16.6. The van der Waals surface area contributed by atoms with Gasteiger partial charge in [-0.2, -0.15) is 0 Å². The number of aliphatic hydroxyl groups excluding tert-OH is 2. The van der Waals surface area contributed by atoms with Crippen LogP contribution in [-0.4, -0.2) is 48.8 Å². The monoisotopic (exact) mass is 483 g/mol. The number of carbonyl (C=O) groups is 3. The molecule has 0 aliphatic heterocycles. The molecule has 0 saturated heterocycles. The number of benzene rings is 1. The Morgan fingerprint density at radius 1 is 1.14 bits per heavy atom. The van der Waals surface area contributed by atoms with Gasteiger partial charge in [0, 0.05) is 23.5 Å². The highest BCUT2D eigenvalue weighted by Gasteiger charge is 2.60. The Balaban J connectivity index is 1.67. The fraction of sp³-hybridized carbons (Fsp3) is 0.292. The normalized spacial score (nSPS) is 25.9. The predicted molar refractivity (Wildman–Crippen MR) is 117 cm³/mol. The van der Waals surface area contributed by atoms with Gasteiger partial charge in [0.15, 0.2) is 11.4 Å². The van der Waals surface area contributed by atoms with Gasteiger partial charge in [0.05, 0.1) is 5.56 Å². The highest BCUT2D eigenvalue weighted by molar-refractivity contribution is 6.22. The minimum atomic E-state index is -2.61. The Labute approximate surface area is 197 Å². The third-order valence-corrected chi connectivity index (χ3v) is 7.08. The second kappa shape index (κ2) is 7.80. The molecule has 1 heterocycles. The molecule has 5 rings (SSSR count). The molecule has 7 N–H and O–H groups in total. The van der Waals surface area contributed by atoms with Gasteiger partial charge in [0.2, 0.25) is 5.78 Å². The van der Waals surface area contributed by atoms with Crippen LogP contribution in [0.5, 0.6) is 5.75 Å². The van der Waals surface area contributed by atoms with Gasteiger partial charge in [-0.25, -0.2) is 4.89 Å². The van der Waals surface area contributed by atoms with Crippen molar-refractivity contribution in [1.29, 1.82) is 0 Å². The number of furan rings is 1. The molecule has 0 radical (unpaired) electrons. The number of nitrogens with two attached hydrogens (primary N) is 1. The first-order valence-electron chi connectivity index (χ1n) is 10.8. The third kappa shape index (κ3) is 3.13. The number of carbonyl (C=O) groups excluding carboxylic acids is 3. The summed E-state index contributed by atoms with van der Waals surface area (Å²) in [6, 6.07) is 6.09. The molecule has 0 spiro atoms. The van der Waals surface area contributed by atoms with Gasteiger partial charge >= 0.3 is 0 Å². The zero-order valence-electron chi connectivity index (χ0n) is 18.1. The molecule has 1 fully saturated rings. The third-order valence-electron chi connectivity index (χ3n) is 7.08. The van der Waals surface area contributed by atoms with Gasteiger partial charge in [-0.15, -0.1) is 0 Å². The number of fused-ring (bicyclic) bond motifs is 3. The van der Waals surface area contributed by atoms with E-state index in [0.717, 1.165) is 0 Å². The SMILES string of the molecule is NC(=O)C1=C(O)[C@@]2(O)C(=O)C3=C(O)c4c(O)ccc(-c5ccc(COO)o5)c4C[C@H]3C[C@H]2CC1=O. The molecule has 1 saturated carbocycles. The summed E-state index contributed by atoms with van der Waals surface area (Å²) in [6.45, 7) is -0.189. The number of primary amides is 1. The first-order valence-corrected chi connectivity index (χ1v) is 10.8. The van der Waals surface area contributed by atoms with E-state index in [0.29, 0.717) is 22.6 Å². The standard InChI is InChI=1S/C24H21NO10/c25-23(31)19-15(27)7-10-5-9-6-13-12(16-4-1-11(35-16)8-34-33)2-3-14(26)18(13)20(28)17(9)21(29)24(10,32)22(19)30/h1-4,9-10,26,28,30,32-33H,5-8H2,(H2,25,31)/t9-,10+,24+/m1/s1. The average molecular weight is 483 g/mol. The minimum Gasteiger partial charge on any atom is -0.508 e. The number of rotatable bonds is 4. The molecule has 0 bridgehead atoms. The van der Waals surface area contributed by atoms with Crippen molar-refractivity contribution in [1.82, 2.24) is 0 Å². The second-order valence-electron chi connectivity index (χ2n) is 8.93. The number of amides is 1. The molecular weight excluding hydrogens is 462 g/mol. The van der Waals surface area contributed by atoms with Crippen LogP contribution < -0.4 is 5.73 Å². The summed E-state index contributed by atoms with van der Waals surface area (Å²) >= 11 is 0. The van der Waals surface area contributed by atoms with E-state index < -0.39 is 58.4 Å². The molecule has 3 aliphatic rings. The summed E-state index contributed by atoms with van der Waals surface area (Å²) < 4.78 is 5.67. The summed E-state index contributed by atoms with van der Waals surface area (Å²) in [5.74, 6) is -6.15. The van der Waals surface area contributed by atoms with Crippen LogP contribution in [0.25, 0.3) is 17.1 Å². The highest BCUT2D eigenvalue weighted by atomic mass is 17.1. The van der Waals surface area contributed by atoms with Gasteiger partial charge < -0.3 is 30.6 Å². The molecule has 1 aromatic carbocycles. The first kappa shape index (κ1) is 22.8. The highest BCUT2D eigenvalue weighted by Crippen LogP contribution is 2.53. The van der Waals surface area contributed by atoms with Crippen molar-refractivity contribution in [3.05, 3.63) is 58.1 Å². The lowest BCUT2D eigenvalue weighted by Gasteiger charge is -2.46. The summed E-state index contributed by atoms with van der Waals surface area (Å²) in [5.41, 5.74) is 2.47. The summed E-state index contributed by atoms with van der Waals surface area (Å²) in [6.07, 6.45) is -0.220. The lowest BCUT2D eigenvalue weighted by atomic mass is 9.59. The van der Waals surface area contributed by atoms with Crippen LogP contribution in [0.15, 0.2) is 45.6 Å². The van der Waals surface area contributed by atoms with Gasteiger partial charge in [0.1, 0.15) is 41.0 Å². The second-order valence-corrected chi connectivity index (χ2v) is 8.93. The molecule has 1 amide bonds. The van der Waals surface area contributed by atoms with E-state index in [1.165, 1.54) is 6.07 Å². The predicted octanol–water partition coefficient (Wildman–Crippen LogP) is 1.67. The van der Waals surface area contributed by atoms with Crippen LogP contribution in [0, 0.1) is 11.8 Å². The number of hydrogen-bond donors (Lipinski definition) is 6. The number of Topliss-reactive ketones (excluding diaryl/α,β-unsaturated/α-hetero) is 2. The number of aromatic hydroxyl groups is 1. The molecule has 3 aliphatic carbocycles. The summed E-state index contributed by atoms with van der Waals surface area (Å²) in [7, 11) is 0. The molecule has 1 aromatic heterocycles. The largest absolute Gasteiger partial charge is 0.508 e. The van der Waals surface area contributed by atoms with E-state index in [2.05, 4.69) is 4.89 Å². The van der Waals surface area contributed by atoms with Crippen molar-refractivity contribution in [3.8, 4) is 17.1 Å². The van der Waals surface area contributed by atoms with Crippen LogP contribution in [0.1, 0.15) is 29.7 Å². The van der Waals surface area contributed by atoms with E-state index in [-0.39, 0.29) is 36.3 Å². The maximum Gasteiger partial charge on any atom is 0.255 e. The van der Waals surface area contributed by atoms with Gasteiger partial charge in [-0.3, -0.25) is 19.6 Å². The van der Waals surface area contributed by atoms with Crippen LogP contribution in [-0.2, 0) is 32.3 Å². The molecular formula is C24H21NO10. The Morgan fingerprint density at radius 2 is 1.89 bits per heavy atom. The van der Waals surface area contributed by atoms with E-state index in [9.17, 15) is 34.8 Å². The lowest BCUT2D eigenvalue weighted by Crippen LogP contribution is -2.58. The van der Waals surface area contributed by atoms with Gasteiger partial charge in [-0.05, 0) is 48.6 Å². The molecule has 0 unspecified atom stereocenters. The lowest BCUT2D eigenvalue weighted by molar-refractivity contribution is -0.255. The van der Waals surface area contributed by atoms with E-state index >= 15 is 0 Å². The van der Waals surface area contributed by atoms with E-state index in [1.807, 2.05) is 0 Å². The van der Waals surface area contributed by atoms with E-state index in [1.54, 1.807) is 18.2 Å². The van der Waals surface area contributed by atoms with Crippen LogP contribution in [0.3, 0.4) is 0 Å². The van der Waals surface area contributed by atoms with Crippen molar-refractivity contribution < 1.29 is 49.4 Å².